The maximum absolute atomic E-state index is 5.04. The summed E-state index contributed by atoms with van der Waals surface area (Å²) in [6.45, 7) is 5.73. The van der Waals surface area contributed by atoms with Gasteiger partial charge >= 0.3 is 0 Å². The fourth-order valence-electron chi connectivity index (χ4n) is 1.17. The summed E-state index contributed by atoms with van der Waals surface area (Å²) in [6, 6.07) is 1.98. The van der Waals surface area contributed by atoms with Crippen LogP contribution in [0.3, 0.4) is 0 Å². The maximum Gasteiger partial charge on any atom is 0.148 e. The van der Waals surface area contributed by atoms with Crippen LogP contribution in [0.5, 0.6) is 0 Å². The third kappa shape index (κ3) is 3.70. The number of anilines is 1. The predicted molar refractivity (Wildman–Crippen MR) is 56.3 cm³/mol. The first-order valence-corrected chi connectivity index (χ1v) is 4.74. The van der Waals surface area contributed by atoms with E-state index in [-0.39, 0.29) is 0 Å². The Morgan fingerprint density at radius 3 is 3.00 bits per heavy atom. The second-order valence-electron chi connectivity index (χ2n) is 3.56. The minimum absolute atomic E-state index is 0.474. The summed E-state index contributed by atoms with van der Waals surface area (Å²) < 4.78 is 5.04. The Bertz CT molecular complexity index is 278. The number of hydrogen-bond donors (Lipinski definition) is 1. The highest BCUT2D eigenvalue weighted by atomic mass is 16.5. The summed E-state index contributed by atoms with van der Waals surface area (Å²) in [7, 11) is 1.71. The van der Waals surface area contributed by atoms with E-state index in [0.29, 0.717) is 5.92 Å². The molecule has 1 heterocycles. The van der Waals surface area contributed by atoms with Crippen LogP contribution in [-0.2, 0) is 4.74 Å². The summed E-state index contributed by atoms with van der Waals surface area (Å²) in [4.78, 5) is 0. The van der Waals surface area contributed by atoms with Gasteiger partial charge in [-0.1, -0.05) is 6.92 Å². The van der Waals surface area contributed by atoms with Crippen molar-refractivity contribution in [1.29, 1.82) is 0 Å². The fourth-order valence-corrected chi connectivity index (χ4v) is 1.17. The average Bonchev–Trinajstić information content (AvgIpc) is 2.15. The molecule has 14 heavy (non-hydrogen) atoms. The lowest BCUT2D eigenvalue weighted by Crippen LogP contribution is -2.16. The Morgan fingerprint density at radius 1 is 1.57 bits per heavy atom. The molecular formula is C10H17N3O. The van der Waals surface area contributed by atoms with Crippen molar-refractivity contribution in [2.24, 2.45) is 5.92 Å². The summed E-state index contributed by atoms with van der Waals surface area (Å²) in [6.07, 6.45) is 1.74. The molecule has 0 radical (unpaired) electrons. The van der Waals surface area contributed by atoms with Gasteiger partial charge in [0.15, 0.2) is 0 Å². The number of aryl methyl sites for hydroxylation is 1. The molecule has 0 aromatic carbocycles. The molecule has 0 aliphatic heterocycles. The predicted octanol–water partition coefficient (Wildman–Crippen LogP) is 1.48. The Labute approximate surface area is 84.7 Å². The Hall–Kier alpha value is -1.16. The Balaban J connectivity index is 2.37. The van der Waals surface area contributed by atoms with E-state index in [9.17, 15) is 0 Å². The van der Waals surface area contributed by atoms with E-state index in [1.165, 1.54) is 0 Å². The lowest BCUT2D eigenvalue weighted by molar-refractivity contribution is 0.164. The molecule has 1 aromatic heterocycles. The molecular weight excluding hydrogens is 178 g/mol. The second kappa shape index (κ2) is 5.54. The highest BCUT2D eigenvalue weighted by Gasteiger charge is 2.01. The van der Waals surface area contributed by atoms with Gasteiger partial charge < -0.3 is 10.1 Å². The molecule has 4 heteroatoms. The normalized spacial score (nSPS) is 12.5. The molecule has 0 saturated carbocycles. The minimum atomic E-state index is 0.474. The lowest BCUT2D eigenvalue weighted by Gasteiger charge is -2.11. The van der Waals surface area contributed by atoms with E-state index in [0.717, 1.165) is 24.5 Å². The average molecular weight is 195 g/mol. The van der Waals surface area contributed by atoms with Crippen molar-refractivity contribution in [1.82, 2.24) is 10.2 Å². The third-order valence-electron chi connectivity index (χ3n) is 1.87. The molecule has 1 N–H and O–H groups in total. The molecule has 1 aromatic rings. The van der Waals surface area contributed by atoms with Gasteiger partial charge in [0.1, 0.15) is 5.82 Å². The molecule has 4 nitrogen and oxygen atoms in total. The zero-order valence-electron chi connectivity index (χ0n) is 8.95. The SMILES string of the molecule is COCC(C)CNc1cc(C)cnn1. The molecule has 0 spiro atoms. The van der Waals surface area contributed by atoms with Crippen molar-refractivity contribution in [3.8, 4) is 0 Å². The smallest absolute Gasteiger partial charge is 0.148 e. The van der Waals surface area contributed by atoms with Gasteiger partial charge in [-0.05, 0) is 24.5 Å². The van der Waals surface area contributed by atoms with Crippen LogP contribution in [-0.4, -0.2) is 30.5 Å². The van der Waals surface area contributed by atoms with E-state index in [4.69, 9.17) is 4.74 Å². The van der Waals surface area contributed by atoms with Gasteiger partial charge in [0, 0.05) is 13.7 Å². The number of nitrogens with zero attached hydrogens (tertiary/aromatic N) is 2. The zero-order chi connectivity index (χ0) is 10.4. The van der Waals surface area contributed by atoms with Crippen LogP contribution in [0.1, 0.15) is 12.5 Å². The second-order valence-corrected chi connectivity index (χ2v) is 3.56. The first-order valence-electron chi connectivity index (χ1n) is 4.74. The third-order valence-corrected chi connectivity index (χ3v) is 1.87. The van der Waals surface area contributed by atoms with Gasteiger partial charge in [0.25, 0.3) is 0 Å². The molecule has 0 amide bonds. The first-order chi connectivity index (χ1) is 6.72. The lowest BCUT2D eigenvalue weighted by atomic mass is 10.2. The quantitative estimate of drug-likeness (QED) is 0.773. The van der Waals surface area contributed by atoms with Gasteiger partial charge in [0.2, 0.25) is 0 Å². The van der Waals surface area contributed by atoms with Crippen LogP contribution in [0.25, 0.3) is 0 Å². The van der Waals surface area contributed by atoms with E-state index in [2.05, 4.69) is 22.4 Å². The van der Waals surface area contributed by atoms with Crippen molar-refractivity contribution >= 4 is 5.82 Å². The molecule has 0 bridgehead atoms. The standard InChI is InChI=1S/C10H17N3O/c1-8-4-10(13-12-6-8)11-5-9(2)7-14-3/h4,6,9H,5,7H2,1-3H3,(H,11,13). The van der Waals surface area contributed by atoms with E-state index in [1.807, 2.05) is 13.0 Å². The van der Waals surface area contributed by atoms with Crippen LogP contribution in [0.15, 0.2) is 12.3 Å². The monoisotopic (exact) mass is 195 g/mol. The first kappa shape index (κ1) is 10.9. The van der Waals surface area contributed by atoms with Crippen molar-refractivity contribution in [3.05, 3.63) is 17.8 Å². The molecule has 1 rings (SSSR count). The molecule has 0 aliphatic rings. The molecule has 1 unspecified atom stereocenters. The van der Waals surface area contributed by atoms with Crippen molar-refractivity contribution in [2.45, 2.75) is 13.8 Å². The molecule has 78 valence electrons. The van der Waals surface area contributed by atoms with E-state index < -0.39 is 0 Å². The van der Waals surface area contributed by atoms with Crippen molar-refractivity contribution < 1.29 is 4.74 Å². The summed E-state index contributed by atoms with van der Waals surface area (Å²) in [5.41, 5.74) is 1.11. The van der Waals surface area contributed by atoms with Gasteiger partial charge in [-0.3, -0.25) is 0 Å². The van der Waals surface area contributed by atoms with Crippen LogP contribution in [0, 0.1) is 12.8 Å². The van der Waals surface area contributed by atoms with Crippen LogP contribution < -0.4 is 5.32 Å². The van der Waals surface area contributed by atoms with Crippen molar-refractivity contribution in [2.75, 3.05) is 25.6 Å². The summed E-state index contributed by atoms with van der Waals surface area (Å²) >= 11 is 0. The van der Waals surface area contributed by atoms with Crippen LogP contribution in [0.2, 0.25) is 0 Å². The fraction of sp³-hybridized carbons (Fsp3) is 0.600. The number of methoxy groups -OCH3 is 1. The summed E-state index contributed by atoms with van der Waals surface area (Å²) in [5, 5.41) is 11.1. The van der Waals surface area contributed by atoms with Gasteiger partial charge in [-0.15, -0.1) is 5.10 Å². The van der Waals surface area contributed by atoms with Gasteiger partial charge in [-0.2, -0.15) is 5.10 Å². The highest BCUT2D eigenvalue weighted by molar-refractivity contribution is 5.34. The minimum Gasteiger partial charge on any atom is -0.384 e. The molecule has 0 saturated heterocycles. The number of aromatic nitrogens is 2. The number of ether oxygens (including phenoxy) is 1. The van der Waals surface area contributed by atoms with Gasteiger partial charge in [0.05, 0.1) is 12.8 Å². The zero-order valence-corrected chi connectivity index (χ0v) is 8.95. The number of rotatable bonds is 5. The molecule has 1 atom stereocenters. The maximum atomic E-state index is 5.04. The topological polar surface area (TPSA) is 47.0 Å². The number of hydrogen-bond acceptors (Lipinski definition) is 4. The Morgan fingerprint density at radius 2 is 2.36 bits per heavy atom. The highest BCUT2D eigenvalue weighted by Crippen LogP contribution is 2.04. The number of nitrogens with one attached hydrogen (secondary N) is 1. The molecule has 0 aliphatic carbocycles. The van der Waals surface area contributed by atoms with E-state index in [1.54, 1.807) is 13.3 Å². The Kier molecular flexibility index (Phi) is 4.32. The largest absolute Gasteiger partial charge is 0.384 e. The van der Waals surface area contributed by atoms with E-state index >= 15 is 0 Å². The van der Waals surface area contributed by atoms with Crippen LogP contribution in [0.4, 0.5) is 5.82 Å². The van der Waals surface area contributed by atoms with Crippen LogP contribution >= 0.6 is 0 Å². The van der Waals surface area contributed by atoms with Crippen molar-refractivity contribution in [3.63, 3.8) is 0 Å². The van der Waals surface area contributed by atoms with Gasteiger partial charge in [-0.25, -0.2) is 0 Å². The summed E-state index contributed by atoms with van der Waals surface area (Å²) in [5.74, 6) is 1.30. The molecule has 0 fully saturated rings.